The first-order valence-corrected chi connectivity index (χ1v) is 6.00. The number of carbonyl (C=O) groups is 1. The summed E-state index contributed by atoms with van der Waals surface area (Å²) in [5.74, 6) is -0.418. The Morgan fingerprint density at radius 3 is 3.12 bits per heavy atom. The van der Waals surface area contributed by atoms with Crippen LogP contribution in [-0.2, 0) is 6.42 Å². The van der Waals surface area contributed by atoms with Crippen LogP contribution in [0.2, 0.25) is 0 Å². The molecule has 0 fully saturated rings. The van der Waals surface area contributed by atoms with E-state index in [9.17, 15) is 9.90 Å². The molecule has 2 aromatic heterocycles. The normalized spacial score (nSPS) is 10.1. The van der Waals surface area contributed by atoms with Crippen LogP contribution in [0, 0.1) is 0 Å². The fraction of sp³-hybridized carbons (Fsp3) is 0.182. The first kappa shape index (κ1) is 11.5. The van der Waals surface area contributed by atoms with E-state index in [1.165, 1.54) is 29.8 Å². The van der Waals surface area contributed by atoms with Crippen molar-refractivity contribution >= 4 is 17.2 Å². The van der Waals surface area contributed by atoms with Gasteiger partial charge in [0, 0.05) is 24.5 Å². The summed E-state index contributed by atoms with van der Waals surface area (Å²) >= 11 is 1.53. The molecule has 0 aliphatic heterocycles. The van der Waals surface area contributed by atoms with E-state index in [-0.39, 0.29) is 17.2 Å². The number of hydrogen-bond donors (Lipinski definition) is 2. The Hall–Kier alpha value is -1.95. The lowest BCUT2D eigenvalue weighted by molar-refractivity contribution is 0.0951. The third kappa shape index (κ3) is 3.01. The van der Waals surface area contributed by atoms with Crippen molar-refractivity contribution in [3.8, 4) is 5.75 Å². The molecule has 0 aromatic carbocycles. The van der Waals surface area contributed by atoms with E-state index < -0.39 is 0 Å². The van der Waals surface area contributed by atoms with Gasteiger partial charge in [-0.3, -0.25) is 9.78 Å². The molecular formula is C11H11N3O2S. The molecule has 0 spiro atoms. The van der Waals surface area contributed by atoms with Crippen LogP contribution in [0.25, 0.3) is 0 Å². The van der Waals surface area contributed by atoms with Crippen LogP contribution >= 0.6 is 11.3 Å². The predicted octanol–water partition coefficient (Wildman–Crippen LogP) is 1.22. The highest BCUT2D eigenvalue weighted by atomic mass is 32.1. The molecule has 2 aromatic rings. The zero-order chi connectivity index (χ0) is 12.1. The van der Waals surface area contributed by atoms with Crippen LogP contribution < -0.4 is 5.32 Å². The van der Waals surface area contributed by atoms with Crippen LogP contribution in [-0.4, -0.2) is 27.5 Å². The molecule has 0 unspecified atom stereocenters. The van der Waals surface area contributed by atoms with E-state index in [2.05, 4.69) is 15.3 Å². The molecule has 2 N–H and O–H groups in total. The number of rotatable bonds is 4. The number of hydrogen-bond acceptors (Lipinski definition) is 5. The van der Waals surface area contributed by atoms with Gasteiger partial charge in [-0.25, -0.2) is 4.98 Å². The average Bonchev–Trinajstić information content (AvgIpc) is 2.82. The summed E-state index contributed by atoms with van der Waals surface area (Å²) in [6, 6.07) is 1.48. The third-order valence-corrected chi connectivity index (χ3v) is 2.83. The van der Waals surface area contributed by atoms with Gasteiger partial charge in [0.25, 0.3) is 5.91 Å². The summed E-state index contributed by atoms with van der Waals surface area (Å²) in [5.41, 5.74) is 2.94. The Morgan fingerprint density at radius 2 is 2.41 bits per heavy atom. The first-order valence-electron chi connectivity index (χ1n) is 5.05. The number of aromatic hydroxyl groups is 1. The lowest BCUT2D eigenvalue weighted by atomic mass is 10.2. The number of amides is 1. The first-order chi connectivity index (χ1) is 8.27. The van der Waals surface area contributed by atoms with Crippen molar-refractivity contribution in [3.05, 3.63) is 40.6 Å². The fourth-order valence-electron chi connectivity index (χ4n) is 1.34. The highest BCUT2D eigenvalue weighted by Gasteiger charge is 2.09. The molecule has 2 heterocycles. The molecule has 1 amide bonds. The lowest BCUT2D eigenvalue weighted by Crippen LogP contribution is -2.25. The minimum atomic E-state index is -0.305. The summed E-state index contributed by atoms with van der Waals surface area (Å²) < 4.78 is 0. The molecule has 0 aliphatic rings. The van der Waals surface area contributed by atoms with E-state index in [0.29, 0.717) is 13.0 Å². The van der Waals surface area contributed by atoms with Crippen LogP contribution in [0.3, 0.4) is 0 Å². The highest BCUT2D eigenvalue weighted by Crippen LogP contribution is 2.13. The second-order valence-electron chi connectivity index (χ2n) is 3.38. The second-order valence-corrected chi connectivity index (χ2v) is 4.10. The molecule has 0 atom stereocenters. The van der Waals surface area contributed by atoms with Gasteiger partial charge in [0.15, 0.2) is 0 Å². The van der Waals surface area contributed by atoms with E-state index in [1.807, 2.05) is 5.38 Å². The maximum absolute atomic E-state index is 11.7. The van der Waals surface area contributed by atoms with Gasteiger partial charge < -0.3 is 10.4 Å². The predicted molar refractivity (Wildman–Crippen MR) is 64.1 cm³/mol. The number of aromatic nitrogens is 2. The van der Waals surface area contributed by atoms with Crippen LogP contribution in [0.15, 0.2) is 29.4 Å². The Labute approximate surface area is 102 Å². The molecule has 6 heteroatoms. The third-order valence-electron chi connectivity index (χ3n) is 2.19. The zero-order valence-corrected chi connectivity index (χ0v) is 9.78. The molecule has 17 heavy (non-hydrogen) atoms. The van der Waals surface area contributed by atoms with Crippen molar-refractivity contribution < 1.29 is 9.90 Å². The summed E-state index contributed by atoms with van der Waals surface area (Å²) in [4.78, 5) is 19.5. The second kappa shape index (κ2) is 5.40. The molecular weight excluding hydrogens is 238 g/mol. The number of nitrogens with zero attached hydrogens (tertiary/aromatic N) is 2. The molecule has 0 saturated heterocycles. The smallest absolute Gasteiger partial charge is 0.255 e. The fourth-order valence-corrected chi connectivity index (χ4v) is 1.93. The van der Waals surface area contributed by atoms with E-state index in [4.69, 9.17) is 0 Å². The van der Waals surface area contributed by atoms with Crippen molar-refractivity contribution in [1.29, 1.82) is 0 Å². The summed E-state index contributed by atoms with van der Waals surface area (Å²) in [6.07, 6.45) is 3.39. The zero-order valence-electron chi connectivity index (χ0n) is 8.96. The lowest BCUT2D eigenvalue weighted by Gasteiger charge is -2.05. The minimum absolute atomic E-state index is 0.112. The van der Waals surface area contributed by atoms with Gasteiger partial charge in [-0.2, -0.15) is 0 Å². The average molecular weight is 249 g/mol. The van der Waals surface area contributed by atoms with Crippen molar-refractivity contribution in [1.82, 2.24) is 15.3 Å². The molecule has 0 bridgehead atoms. The Morgan fingerprint density at radius 1 is 1.53 bits per heavy atom. The minimum Gasteiger partial charge on any atom is -0.505 e. The standard InChI is InChI=1S/C11H11N3O2S/c15-10-5-12-3-2-9(10)11(16)13-4-1-8-6-17-7-14-8/h2-3,5-7,15H,1,4H2,(H,13,16). The monoisotopic (exact) mass is 249 g/mol. The van der Waals surface area contributed by atoms with Gasteiger partial charge in [0.2, 0.25) is 0 Å². The van der Waals surface area contributed by atoms with Gasteiger partial charge in [-0.1, -0.05) is 0 Å². The van der Waals surface area contributed by atoms with Crippen LogP contribution in [0.1, 0.15) is 16.1 Å². The quantitative estimate of drug-likeness (QED) is 0.854. The Balaban J connectivity index is 1.88. The summed E-state index contributed by atoms with van der Waals surface area (Å²) in [5, 5.41) is 14.1. The number of nitrogens with one attached hydrogen (secondary N) is 1. The number of pyridine rings is 1. The summed E-state index contributed by atoms with van der Waals surface area (Å²) in [6.45, 7) is 0.490. The maximum atomic E-state index is 11.7. The molecule has 2 rings (SSSR count). The van der Waals surface area contributed by atoms with Gasteiger partial charge in [-0.15, -0.1) is 11.3 Å². The van der Waals surface area contributed by atoms with Crippen molar-refractivity contribution in [3.63, 3.8) is 0 Å². The van der Waals surface area contributed by atoms with Gasteiger partial charge in [0.05, 0.1) is 23.0 Å². The molecule has 0 saturated carbocycles. The van der Waals surface area contributed by atoms with Crippen molar-refractivity contribution in [2.75, 3.05) is 6.54 Å². The van der Waals surface area contributed by atoms with Crippen LogP contribution in [0.4, 0.5) is 0 Å². The van der Waals surface area contributed by atoms with Crippen LogP contribution in [0.5, 0.6) is 5.75 Å². The SMILES string of the molecule is O=C(NCCc1cscn1)c1ccncc1O. The van der Waals surface area contributed by atoms with E-state index in [0.717, 1.165) is 5.69 Å². The van der Waals surface area contributed by atoms with Crippen molar-refractivity contribution in [2.24, 2.45) is 0 Å². The molecule has 0 radical (unpaired) electrons. The van der Waals surface area contributed by atoms with E-state index >= 15 is 0 Å². The molecule has 88 valence electrons. The number of carbonyl (C=O) groups excluding carboxylic acids is 1. The Bertz CT molecular complexity index is 499. The van der Waals surface area contributed by atoms with Crippen molar-refractivity contribution in [2.45, 2.75) is 6.42 Å². The highest BCUT2D eigenvalue weighted by molar-refractivity contribution is 7.07. The largest absolute Gasteiger partial charge is 0.505 e. The molecule has 5 nitrogen and oxygen atoms in total. The Kier molecular flexibility index (Phi) is 3.66. The number of thiazole rings is 1. The maximum Gasteiger partial charge on any atom is 0.255 e. The summed E-state index contributed by atoms with van der Waals surface area (Å²) in [7, 11) is 0. The topological polar surface area (TPSA) is 75.1 Å². The van der Waals surface area contributed by atoms with E-state index in [1.54, 1.807) is 5.51 Å². The van der Waals surface area contributed by atoms with Gasteiger partial charge >= 0.3 is 0 Å². The van der Waals surface area contributed by atoms with Gasteiger partial charge in [-0.05, 0) is 6.07 Å². The van der Waals surface area contributed by atoms with Gasteiger partial charge in [0.1, 0.15) is 5.75 Å². The molecule has 0 aliphatic carbocycles.